The SMILES string of the molecule is C1=Cc2nc1nc1nc(c(-c3ccccc3)c3ccc(nc4ccc([nH]4)c2-c2ccccc2)[nH]3)C=C1. The molecule has 0 atom stereocenters. The second-order valence-corrected chi connectivity index (χ2v) is 8.60. The molecule has 0 saturated heterocycles. The zero-order valence-electron chi connectivity index (χ0n) is 19.2. The lowest BCUT2D eigenvalue weighted by Crippen LogP contribution is -1.89. The van der Waals surface area contributed by atoms with Crippen LogP contribution < -0.4 is 0 Å². The van der Waals surface area contributed by atoms with Gasteiger partial charge in [0, 0.05) is 22.2 Å². The zero-order chi connectivity index (χ0) is 23.9. The molecule has 2 N–H and O–H groups in total. The van der Waals surface area contributed by atoms with Crippen LogP contribution in [0.5, 0.6) is 0 Å². The summed E-state index contributed by atoms with van der Waals surface area (Å²) in [7, 11) is 0. The second-order valence-electron chi connectivity index (χ2n) is 8.60. The Kier molecular flexibility index (Phi) is 4.67. The van der Waals surface area contributed by atoms with Gasteiger partial charge >= 0.3 is 0 Å². The van der Waals surface area contributed by atoms with Crippen molar-refractivity contribution in [3.63, 3.8) is 0 Å². The number of nitrogens with one attached hydrogen (secondary N) is 2. The molecule has 2 aromatic carbocycles. The first-order chi connectivity index (χ1) is 17.8. The van der Waals surface area contributed by atoms with E-state index in [2.05, 4.69) is 34.2 Å². The summed E-state index contributed by atoms with van der Waals surface area (Å²) in [5.41, 5.74) is 9.18. The van der Waals surface area contributed by atoms with E-state index in [4.69, 9.17) is 19.9 Å². The maximum absolute atomic E-state index is 4.85. The molecular weight excluding hydrogens is 444 g/mol. The number of fused-ring (bicyclic) bond motifs is 8. The summed E-state index contributed by atoms with van der Waals surface area (Å²) in [5, 5.41) is 0. The Balaban J connectivity index is 1.58. The van der Waals surface area contributed by atoms with Crippen LogP contribution in [0.3, 0.4) is 0 Å². The standard InChI is InChI=1S/C30H20N6/c1-3-7-19(8-4-1)29-21-11-15-25(31-21)35-27-17-13-23(33-27)30(20-9-5-2-6-10-20)24-14-18-28(34-24)36-26-16-12-22(29)32-26/h1-18H,(H2,31,33,35). The van der Waals surface area contributed by atoms with Gasteiger partial charge < -0.3 is 9.97 Å². The molecule has 3 aromatic heterocycles. The number of nitrogens with zero attached hydrogens (tertiary/aromatic N) is 4. The Morgan fingerprint density at radius 1 is 0.417 bits per heavy atom. The first kappa shape index (κ1) is 20.3. The van der Waals surface area contributed by atoms with Crippen molar-refractivity contribution in [2.45, 2.75) is 0 Å². The molecule has 0 unspecified atom stereocenters. The fourth-order valence-electron chi connectivity index (χ4n) is 4.63. The molecule has 5 aromatic rings. The lowest BCUT2D eigenvalue weighted by molar-refractivity contribution is 1.11. The molecular formula is C30H20N6. The monoisotopic (exact) mass is 464 g/mol. The zero-order valence-corrected chi connectivity index (χ0v) is 19.2. The molecule has 8 bridgehead atoms. The van der Waals surface area contributed by atoms with Crippen LogP contribution in [0.2, 0.25) is 0 Å². The Hall–Kier alpha value is -5.10. The molecule has 0 amide bonds. The van der Waals surface area contributed by atoms with Crippen molar-refractivity contribution in [3.05, 3.63) is 108 Å². The van der Waals surface area contributed by atoms with E-state index >= 15 is 0 Å². The summed E-state index contributed by atoms with van der Waals surface area (Å²) < 4.78 is 0. The normalized spacial score (nSPS) is 12.2. The van der Waals surface area contributed by atoms with Crippen molar-refractivity contribution in [2.75, 3.05) is 0 Å². The summed E-state index contributed by atoms with van der Waals surface area (Å²) in [4.78, 5) is 26.2. The van der Waals surface area contributed by atoms with E-state index in [1.165, 1.54) is 0 Å². The van der Waals surface area contributed by atoms with Gasteiger partial charge in [-0.15, -0.1) is 0 Å². The fraction of sp³-hybridized carbons (Fsp3) is 0. The van der Waals surface area contributed by atoms with Crippen LogP contribution in [0.15, 0.2) is 84.9 Å². The largest absolute Gasteiger partial charge is 0.340 e. The van der Waals surface area contributed by atoms with Crippen molar-refractivity contribution >= 4 is 46.6 Å². The van der Waals surface area contributed by atoms with Gasteiger partial charge in [0.1, 0.15) is 11.3 Å². The Bertz CT molecular complexity index is 1690. The third kappa shape index (κ3) is 3.61. The van der Waals surface area contributed by atoms with Gasteiger partial charge in [-0.05, 0) is 59.7 Å². The minimum Gasteiger partial charge on any atom is -0.340 e. The van der Waals surface area contributed by atoms with Crippen LogP contribution in [0, 0.1) is 0 Å². The third-order valence-electron chi connectivity index (χ3n) is 6.24. The number of hydrogen-bond donors (Lipinski definition) is 2. The highest BCUT2D eigenvalue weighted by Gasteiger charge is 2.13. The molecule has 2 aliphatic heterocycles. The minimum atomic E-state index is 0.620. The molecule has 0 radical (unpaired) electrons. The summed E-state index contributed by atoms with van der Waals surface area (Å²) >= 11 is 0. The predicted octanol–water partition coefficient (Wildman–Crippen LogP) is 6.78. The van der Waals surface area contributed by atoms with Crippen LogP contribution in [0.4, 0.5) is 0 Å². The summed E-state index contributed by atoms with van der Waals surface area (Å²) in [5.74, 6) is 1.24. The topological polar surface area (TPSA) is 83.1 Å². The highest BCUT2D eigenvalue weighted by molar-refractivity contribution is 5.91. The maximum atomic E-state index is 4.85. The van der Waals surface area contributed by atoms with Crippen molar-refractivity contribution in [1.29, 1.82) is 0 Å². The van der Waals surface area contributed by atoms with Crippen molar-refractivity contribution in [3.8, 4) is 22.3 Å². The van der Waals surface area contributed by atoms with Gasteiger partial charge in [-0.3, -0.25) is 0 Å². The van der Waals surface area contributed by atoms with Gasteiger partial charge in [0.25, 0.3) is 0 Å². The predicted molar refractivity (Wildman–Crippen MR) is 145 cm³/mol. The molecule has 0 spiro atoms. The van der Waals surface area contributed by atoms with Gasteiger partial charge in [-0.25, -0.2) is 19.9 Å². The third-order valence-corrected chi connectivity index (χ3v) is 6.24. The van der Waals surface area contributed by atoms with Crippen LogP contribution in [0.25, 0.3) is 68.9 Å². The van der Waals surface area contributed by atoms with E-state index in [1.54, 1.807) is 0 Å². The molecule has 6 nitrogen and oxygen atoms in total. The fourth-order valence-corrected chi connectivity index (χ4v) is 4.63. The van der Waals surface area contributed by atoms with Gasteiger partial charge in [0.05, 0.1) is 11.4 Å². The number of aromatic amines is 2. The molecule has 5 heterocycles. The number of aromatic nitrogens is 6. The first-order valence-corrected chi connectivity index (χ1v) is 11.8. The quantitative estimate of drug-likeness (QED) is 0.295. The minimum absolute atomic E-state index is 0.620. The number of rotatable bonds is 2. The van der Waals surface area contributed by atoms with Gasteiger partial charge in [-0.2, -0.15) is 0 Å². The van der Waals surface area contributed by atoms with Crippen molar-refractivity contribution < 1.29 is 0 Å². The molecule has 0 fully saturated rings. The van der Waals surface area contributed by atoms with Crippen LogP contribution >= 0.6 is 0 Å². The average molecular weight is 465 g/mol. The van der Waals surface area contributed by atoms with E-state index in [0.29, 0.717) is 11.6 Å². The van der Waals surface area contributed by atoms with Crippen molar-refractivity contribution in [2.24, 2.45) is 0 Å². The summed E-state index contributed by atoms with van der Waals surface area (Å²) in [6.07, 6.45) is 7.85. The highest BCUT2D eigenvalue weighted by Crippen LogP contribution is 2.31. The van der Waals surface area contributed by atoms with Gasteiger partial charge in [-0.1, -0.05) is 60.7 Å². The maximum Gasteiger partial charge on any atom is 0.155 e. The van der Waals surface area contributed by atoms with E-state index in [1.807, 2.05) is 85.0 Å². The lowest BCUT2D eigenvalue weighted by Gasteiger charge is -2.03. The second kappa shape index (κ2) is 8.29. The molecule has 0 aliphatic carbocycles. The highest BCUT2D eigenvalue weighted by atomic mass is 15.0. The number of H-pyrrole nitrogens is 2. The van der Waals surface area contributed by atoms with Gasteiger partial charge in [0.15, 0.2) is 11.6 Å². The molecule has 0 saturated carbocycles. The summed E-state index contributed by atoms with van der Waals surface area (Å²) in [6.45, 7) is 0. The molecule has 36 heavy (non-hydrogen) atoms. The van der Waals surface area contributed by atoms with Crippen LogP contribution in [0.1, 0.15) is 23.0 Å². The average Bonchev–Trinajstić information content (AvgIpc) is 3.72. The molecule has 170 valence electrons. The Morgan fingerprint density at radius 2 is 0.889 bits per heavy atom. The van der Waals surface area contributed by atoms with Crippen LogP contribution in [-0.2, 0) is 0 Å². The van der Waals surface area contributed by atoms with Crippen molar-refractivity contribution in [1.82, 2.24) is 29.9 Å². The van der Waals surface area contributed by atoms with Gasteiger partial charge in [0.2, 0.25) is 0 Å². The van der Waals surface area contributed by atoms with E-state index in [0.717, 1.165) is 56.0 Å². The lowest BCUT2D eigenvalue weighted by atomic mass is 10.0. The first-order valence-electron chi connectivity index (χ1n) is 11.8. The number of hydrogen-bond acceptors (Lipinski definition) is 4. The van der Waals surface area contributed by atoms with Crippen LogP contribution in [-0.4, -0.2) is 29.9 Å². The van der Waals surface area contributed by atoms with E-state index < -0.39 is 0 Å². The summed E-state index contributed by atoms with van der Waals surface area (Å²) in [6, 6.07) is 28.5. The molecule has 7 rings (SSSR count). The Labute approximate surface area is 206 Å². The number of benzene rings is 2. The van der Waals surface area contributed by atoms with E-state index in [9.17, 15) is 0 Å². The van der Waals surface area contributed by atoms with E-state index in [-0.39, 0.29) is 0 Å². The molecule has 6 heteroatoms. The molecule has 2 aliphatic rings. The smallest absolute Gasteiger partial charge is 0.155 e. The Morgan fingerprint density at radius 3 is 1.36 bits per heavy atom.